The molecular formula is C19H26ClN3O2. The van der Waals surface area contributed by atoms with Crippen LogP contribution in [-0.4, -0.2) is 42.9 Å². The second-order valence-electron chi connectivity index (χ2n) is 7.46. The van der Waals surface area contributed by atoms with Gasteiger partial charge in [-0.3, -0.25) is 9.59 Å². The number of hydrogen-bond acceptors (Lipinski definition) is 3. The molecule has 0 unspecified atom stereocenters. The number of likely N-dealkylation sites (tertiary alicyclic amines) is 1. The lowest BCUT2D eigenvalue weighted by Gasteiger charge is -2.44. The Bertz CT molecular complexity index is 661. The van der Waals surface area contributed by atoms with E-state index in [2.05, 4.69) is 10.6 Å². The van der Waals surface area contributed by atoms with Gasteiger partial charge < -0.3 is 15.5 Å². The number of nitrogens with one attached hydrogen (secondary N) is 2. The monoisotopic (exact) mass is 363 g/mol. The van der Waals surface area contributed by atoms with Crippen LogP contribution in [0.5, 0.6) is 0 Å². The first kappa shape index (κ1) is 18.2. The van der Waals surface area contributed by atoms with Crippen molar-refractivity contribution in [2.24, 2.45) is 5.41 Å². The number of fused-ring (bicyclic) bond motifs is 1. The number of hydrogen-bond donors (Lipinski definition) is 2. The van der Waals surface area contributed by atoms with Gasteiger partial charge in [0.15, 0.2) is 0 Å². The van der Waals surface area contributed by atoms with Crippen molar-refractivity contribution >= 4 is 29.9 Å². The van der Waals surface area contributed by atoms with E-state index < -0.39 is 0 Å². The Labute approximate surface area is 154 Å². The summed E-state index contributed by atoms with van der Waals surface area (Å²) < 4.78 is 0. The summed E-state index contributed by atoms with van der Waals surface area (Å²) >= 11 is 0. The molecule has 2 amide bonds. The highest BCUT2D eigenvalue weighted by molar-refractivity contribution is 5.98. The molecule has 136 valence electrons. The molecular weight excluding hydrogens is 338 g/mol. The van der Waals surface area contributed by atoms with Crippen LogP contribution in [0.15, 0.2) is 18.2 Å². The number of amides is 2. The fourth-order valence-electron chi connectivity index (χ4n) is 4.34. The molecule has 5 nitrogen and oxygen atoms in total. The first-order chi connectivity index (χ1) is 11.7. The van der Waals surface area contributed by atoms with Gasteiger partial charge in [-0.05, 0) is 74.4 Å². The number of benzene rings is 1. The molecule has 2 fully saturated rings. The molecule has 6 heteroatoms. The van der Waals surface area contributed by atoms with Gasteiger partial charge >= 0.3 is 0 Å². The quantitative estimate of drug-likeness (QED) is 0.806. The minimum Gasteiger partial charge on any atom is -0.339 e. The molecule has 0 bridgehead atoms. The third-order valence-electron chi connectivity index (χ3n) is 6.02. The molecule has 0 atom stereocenters. The molecule has 2 N–H and O–H groups in total. The van der Waals surface area contributed by atoms with Gasteiger partial charge in [0.2, 0.25) is 5.91 Å². The number of rotatable bonds is 1. The van der Waals surface area contributed by atoms with Crippen molar-refractivity contribution in [3.05, 3.63) is 29.3 Å². The van der Waals surface area contributed by atoms with E-state index >= 15 is 0 Å². The molecule has 4 rings (SSSR count). The van der Waals surface area contributed by atoms with E-state index in [1.54, 1.807) is 0 Å². The van der Waals surface area contributed by atoms with Gasteiger partial charge in [-0.15, -0.1) is 12.4 Å². The topological polar surface area (TPSA) is 61.4 Å². The van der Waals surface area contributed by atoms with Crippen LogP contribution in [0.3, 0.4) is 0 Å². The number of carbonyl (C=O) groups excluding carboxylic acids is 2. The van der Waals surface area contributed by atoms with Gasteiger partial charge in [0.25, 0.3) is 5.91 Å². The van der Waals surface area contributed by atoms with E-state index in [0.29, 0.717) is 11.8 Å². The third kappa shape index (κ3) is 3.67. The minimum absolute atomic E-state index is 0. The van der Waals surface area contributed by atoms with Crippen LogP contribution >= 0.6 is 12.4 Å². The predicted octanol–water partition coefficient (Wildman–Crippen LogP) is 2.60. The first-order valence-electron chi connectivity index (χ1n) is 9.08. The molecule has 0 aromatic heterocycles. The van der Waals surface area contributed by atoms with Crippen molar-refractivity contribution in [3.8, 4) is 0 Å². The van der Waals surface area contributed by atoms with Crippen LogP contribution in [0.25, 0.3) is 0 Å². The zero-order valence-electron chi connectivity index (χ0n) is 14.5. The van der Waals surface area contributed by atoms with Crippen LogP contribution in [0.1, 0.15) is 48.0 Å². The van der Waals surface area contributed by atoms with Gasteiger partial charge in [0.05, 0.1) is 0 Å². The van der Waals surface area contributed by atoms with Crippen molar-refractivity contribution in [3.63, 3.8) is 0 Å². The molecule has 3 aliphatic heterocycles. The Hall–Kier alpha value is -1.59. The Morgan fingerprint density at radius 1 is 1.04 bits per heavy atom. The zero-order valence-corrected chi connectivity index (χ0v) is 15.3. The van der Waals surface area contributed by atoms with Crippen LogP contribution in [0.4, 0.5) is 5.69 Å². The highest BCUT2D eigenvalue weighted by Crippen LogP contribution is 2.39. The number of piperidine rings is 2. The Balaban J connectivity index is 0.00000182. The van der Waals surface area contributed by atoms with Gasteiger partial charge in [0.1, 0.15) is 0 Å². The molecule has 3 heterocycles. The summed E-state index contributed by atoms with van der Waals surface area (Å²) in [5.74, 6) is 0.198. The second kappa shape index (κ2) is 7.34. The van der Waals surface area contributed by atoms with E-state index in [0.717, 1.165) is 62.3 Å². The molecule has 0 aliphatic carbocycles. The molecule has 0 saturated carbocycles. The average molecular weight is 364 g/mol. The number of carbonyl (C=O) groups is 2. The number of nitrogens with zero attached hydrogens (tertiary/aromatic N) is 1. The Morgan fingerprint density at radius 2 is 1.76 bits per heavy atom. The summed E-state index contributed by atoms with van der Waals surface area (Å²) in [5, 5.41) is 6.31. The molecule has 0 radical (unpaired) electrons. The fourth-order valence-corrected chi connectivity index (χ4v) is 4.34. The minimum atomic E-state index is 0. The summed E-state index contributed by atoms with van der Waals surface area (Å²) in [6, 6.07) is 5.69. The Kier molecular flexibility index (Phi) is 5.35. The van der Waals surface area contributed by atoms with Crippen molar-refractivity contribution in [1.29, 1.82) is 0 Å². The van der Waals surface area contributed by atoms with Crippen LogP contribution < -0.4 is 10.6 Å². The molecule has 1 aromatic rings. The van der Waals surface area contributed by atoms with E-state index in [4.69, 9.17) is 0 Å². The maximum atomic E-state index is 12.8. The molecule has 3 aliphatic rings. The zero-order chi connectivity index (χ0) is 16.6. The van der Waals surface area contributed by atoms with Crippen molar-refractivity contribution in [1.82, 2.24) is 10.2 Å². The van der Waals surface area contributed by atoms with Gasteiger partial charge in [-0.1, -0.05) is 0 Å². The molecule has 2 saturated heterocycles. The van der Waals surface area contributed by atoms with Crippen molar-refractivity contribution in [2.75, 3.05) is 31.5 Å². The number of halogens is 1. The Morgan fingerprint density at radius 3 is 2.48 bits per heavy atom. The van der Waals surface area contributed by atoms with Crippen LogP contribution in [0.2, 0.25) is 0 Å². The maximum Gasteiger partial charge on any atom is 0.253 e. The smallest absolute Gasteiger partial charge is 0.253 e. The first-order valence-corrected chi connectivity index (χ1v) is 9.08. The normalized spacial score (nSPS) is 21.9. The van der Waals surface area contributed by atoms with Crippen LogP contribution in [-0.2, 0) is 11.2 Å². The highest BCUT2D eigenvalue weighted by atomic mass is 35.5. The van der Waals surface area contributed by atoms with E-state index in [1.807, 2.05) is 23.1 Å². The summed E-state index contributed by atoms with van der Waals surface area (Å²) in [7, 11) is 0. The lowest BCUT2D eigenvalue weighted by atomic mass is 9.71. The predicted molar refractivity (Wildman–Crippen MR) is 100 cm³/mol. The lowest BCUT2D eigenvalue weighted by Crippen LogP contribution is -2.47. The summed E-state index contributed by atoms with van der Waals surface area (Å²) in [6.07, 6.45) is 5.97. The second-order valence-corrected chi connectivity index (χ2v) is 7.46. The summed E-state index contributed by atoms with van der Waals surface area (Å²) in [6.45, 7) is 3.97. The average Bonchev–Trinajstić information content (AvgIpc) is 2.62. The third-order valence-corrected chi connectivity index (χ3v) is 6.02. The molecule has 25 heavy (non-hydrogen) atoms. The molecule has 1 spiro atoms. The van der Waals surface area contributed by atoms with Gasteiger partial charge in [-0.2, -0.15) is 0 Å². The molecule has 1 aromatic carbocycles. The van der Waals surface area contributed by atoms with E-state index in [9.17, 15) is 9.59 Å². The van der Waals surface area contributed by atoms with Gasteiger partial charge in [0, 0.05) is 30.8 Å². The number of anilines is 1. The standard InChI is InChI=1S/C19H25N3O2.ClH/c23-17-4-2-14-13-15(1-3-16(14)21-17)18(24)22-11-7-19(8-12-22)5-9-20-10-6-19;/h1,3,13,20H,2,4-12H2,(H,21,23);1H. The maximum absolute atomic E-state index is 12.8. The van der Waals surface area contributed by atoms with Crippen LogP contribution in [0, 0.1) is 5.41 Å². The summed E-state index contributed by atoms with van der Waals surface area (Å²) in [5.41, 5.74) is 3.15. The largest absolute Gasteiger partial charge is 0.339 e. The van der Waals surface area contributed by atoms with E-state index in [-0.39, 0.29) is 24.2 Å². The highest BCUT2D eigenvalue weighted by Gasteiger charge is 2.36. The number of aryl methyl sites for hydroxylation is 1. The SMILES string of the molecule is Cl.O=C1CCc2cc(C(=O)N3CCC4(CCNCC4)CC3)ccc2N1. The fraction of sp³-hybridized carbons (Fsp3) is 0.579. The van der Waals surface area contributed by atoms with Crippen molar-refractivity contribution < 1.29 is 9.59 Å². The summed E-state index contributed by atoms with van der Waals surface area (Å²) in [4.78, 5) is 26.3. The van der Waals surface area contributed by atoms with Crippen molar-refractivity contribution in [2.45, 2.75) is 38.5 Å². The van der Waals surface area contributed by atoms with E-state index in [1.165, 1.54) is 12.8 Å². The lowest BCUT2D eigenvalue weighted by molar-refractivity contribution is -0.116. The van der Waals surface area contributed by atoms with Gasteiger partial charge in [-0.25, -0.2) is 0 Å².